The van der Waals surface area contributed by atoms with E-state index in [1.165, 1.54) is 48.2 Å². The highest BCUT2D eigenvalue weighted by Gasteiger charge is 2.24. The van der Waals surface area contributed by atoms with Crippen LogP contribution < -0.4 is 0 Å². The SMILES string of the molecule is CS/C(Sc1ccc(-c2ccccc2)cc1)=C1\CCCc2c(-c3ccccc3)cc(-c3ccccc3)nc21. The molecule has 5 aromatic rings. The Morgan fingerprint density at radius 2 is 1.21 bits per heavy atom. The third-order valence-corrected chi connectivity index (χ3v) is 9.33. The second kappa shape index (κ2) is 11.5. The summed E-state index contributed by atoms with van der Waals surface area (Å²) in [7, 11) is 0. The predicted molar refractivity (Wildman–Crippen MR) is 166 cm³/mol. The first-order valence-corrected chi connectivity index (χ1v) is 15.1. The third kappa shape index (κ3) is 5.22. The van der Waals surface area contributed by atoms with Crippen LogP contribution >= 0.6 is 23.5 Å². The van der Waals surface area contributed by atoms with Crippen LogP contribution in [-0.4, -0.2) is 11.2 Å². The van der Waals surface area contributed by atoms with Gasteiger partial charge in [-0.15, -0.1) is 11.8 Å². The Morgan fingerprint density at radius 3 is 1.84 bits per heavy atom. The molecule has 0 atom stereocenters. The first-order chi connectivity index (χ1) is 18.8. The van der Waals surface area contributed by atoms with Gasteiger partial charge in [0.05, 0.1) is 15.6 Å². The maximum absolute atomic E-state index is 5.33. The van der Waals surface area contributed by atoms with E-state index >= 15 is 0 Å². The van der Waals surface area contributed by atoms with Crippen LogP contribution in [0.4, 0.5) is 0 Å². The molecular weight excluding hydrogens is 499 g/mol. The second-order valence-corrected chi connectivity index (χ2v) is 11.6. The number of hydrogen-bond donors (Lipinski definition) is 0. The maximum Gasteiger partial charge on any atom is 0.0723 e. The lowest BCUT2D eigenvalue weighted by Gasteiger charge is -2.25. The minimum Gasteiger partial charge on any atom is -0.248 e. The van der Waals surface area contributed by atoms with E-state index in [9.17, 15) is 0 Å². The minimum atomic E-state index is 1.04. The Hall–Kier alpha value is -3.53. The van der Waals surface area contributed by atoms with Crippen molar-refractivity contribution in [3.8, 4) is 33.5 Å². The van der Waals surface area contributed by atoms with Gasteiger partial charge in [0.25, 0.3) is 0 Å². The predicted octanol–water partition coefficient (Wildman–Crippen LogP) is 10.2. The molecule has 0 aliphatic heterocycles. The molecule has 0 spiro atoms. The summed E-state index contributed by atoms with van der Waals surface area (Å²) >= 11 is 3.71. The van der Waals surface area contributed by atoms with Crippen molar-refractivity contribution >= 4 is 29.1 Å². The van der Waals surface area contributed by atoms with Crippen LogP contribution in [0.5, 0.6) is 0 Å². The van der Waals surface area contributed by atoms with E-state index in [1.54, 1.807) is 0 Å². The number of aromatic nitrogens is 1. The summed E-state index contributed by atoms with van der Waals surface area (Å²) in [4.78, 5) is 6.59. The highest BCUT2D eigenvalue weighted by Crippen LogP contribution is 2.46. The van der Waals surface area contributed by atoms with E-state index in [-0.39, 0.29) is 0 Å². The maximum atomic E-state index is 5.33. The molecule has 4 aromatic carbocycles. The lowest BCUT2D eigenvalue weighted by molar-refractivity contribution is 0.811. The van der Waals surface area contributed by atoms with Gasteiger partial charge in [-0.3, -0.25) is 0 Å². The van der Waals surface area contributed by atoms with Gasteiger partial charge in [-0.2, -0.15) is 0 Å². The van der Waals surface area contributed by atoms with Crippen molar-refractivity contribution in [2.75, 3.05) is 6.26 Å². The van der Waals surface area contributed by atoms with E-state index in [0.29, 0.717) is 0 Å². The molecule has 0 amide bonds. The number of allylic oxidation sites excluding steroid dienone is 1. The first kappa shape index (κ1) is 24.8. The average molecular weight is 528 g/mol. The summed E-state index contributed by atoms with van der Waals surface area (Å²) in [5, 5.41) is 0. The molecular formula is C35H29NS2. The van der Waals surface area contributed by atoms with Crippen LogP contribution in [0.1, 0.15) is 24.1 Å². The van der Waals surface area contributed by atoms with Gasteiger partial charge in [-0.05, 0) is 77.1 Å². The van der Waals surface area contributed by atoms with Crippen molar-refractivity contribution in [1.82, 2.24) is 4.98 Å². The molecule has 0 N–H and O–H groups in total. The van der Waals surface area contributed by atoms with Crippen LogP contribution in [0, 0.1) is 0 Å². The summed E-state index contributed by atoms with van der Waals surface area (Å²) in [5.41, 5.74) is 11.2. The molecule has 6 rings (SSSR count). The molecule has 1 heterocycles. The molecule has 186 valence electrons. The fourth-order valence-corrected chi connectivity index (χ4v) is 7.02. The fourth-order valence-electron chi connectivity index (χ4n) is 5.14. The molecule has 0 saturated heterocycles. The van der Waals surface area contributed by atoms with Gasteiger partial charge in [0, 0.05) is 10.5 Å². The van der Waals surface area contributed by atoms with Crippen LogP contribution in [0.3, 0.4) is 0 Å². The molecule has 1 nitrogen and oxygen atoms in total. The van der Waals surface area contributed by atoms with E-state index in [2.05, 4.69) is 128 Å². The Bertz CT molecular complexity index is 1560. The van der Waals surface area contributed by atoms with E-state index in [0.717, 1.165) is 30.5 Å². The van der Waals surface area contributed by atoms with Gasteiger partial charge in [0.2, 0.25) is 0 Å². The quantitative estimate of drug-likeness (QED) is 0.204. The van der Waals surface area contributed by atoms with Crippen molar-refractivity contribution in [1.29, 1.82) is 0 Å². The average Bonchev–Trinajstić information content (AvgIpc) is 3.01. The number of pyridine rings is 1. The lowest BCUT2D eigenvalue weighted by atomic mass is 9.86. The zero-order chi connectivity index (χ0) is 25.7. The molecule has 0 unspecified atom stereocenters. The molecule has 1 aliphatic rings. The molecule has 1 aliphatic carbocycles. The number of hydrogen-bond acceptors (Lipinski definition) is 3. The van der Waals surface area contributed by atoms with Gasteiger partial charge in [0.1, 0.15) is 0 Å². The number of thioether (sulfide) groups is 2. The summed E-state index contributed by atoms with van der Waals surface area (Å²) in [5.74, 6) is 0. The number of rotatable bonds is 6. The largest absolute Gasteiger partial charge is 0.248 e. The van der Waals surface area contributed by atoms with Crippen molar-refractivity contribution in [2.24, 2.45) is 0 Å². The summed E-state index contributed by atoms with van der Waals surface area (Å²) in [6.07, 6.45) is 5.45. The standard InChI is InChI=1S/C35H29NS2/c1-37-35(38-29-22-20-26(21-23-29)25-12-5-2-6-13-25)31-19-11-18-30-32(27-14-7-3-8-15-27)24-33(36-34(30)31)28-16-9-4-10-17-28/h2-10,12-17,20-24H,11,18-19H2,1H3/b35-31-. The van der Waals surface area contributed by atoms with Gasteiger partial charge in [-0.25, -0.2) is 4.98 Å². The van der Waals surface area contributed by atoms with E-state index < -0.39 is 0 Å². The van der Waals surface area contributed by atoms with Gasteiger partial charge >= 0.3 is 0 Å². The topological polar surface area (TPSA) is 12.9 Å². The van der Waals surface area contributed by atoms with Crippen LogP contribution in [0.15, 0.2) is 130 Å². The normalized spacial score (nSPS) is 14.1. The number of benzene rings is 4. The minimum absolute atomic E-state index is 1.04. The van der Waals surface area contributed by atoms with Crippen molar-refractivity contribution in [2.45, 2.75) is 24.2 Å². The molecule has 0 radical (unpaired) electrons. The summed E-state index contributed by atoms with van der Waals surface area (Å²) < 4.78 is 1.34. The Morgan fingerprint density at radius 1 is 0.632 bits per heavy atom. The van der Waals surface area contributed by atoms with Gasteiger partial charge in [-0.1, -0.05) is 115 Å². The van der Waals surface area contributed by atoms with E-state index in [1.807, 2.05) is 23.5 Å². The lowest BCUT2D eigenvalue weighted by Crippen LogP contribution is -2.09. The monoisotopic (exact) mass is 527 g/mol. The Labute approximate surface area is 234 Å². The Kier molecular flexibility index (Phi) is 7.48. The summed E-state index contributed by atoms with van der Waals surface area (Å²) in [6, 6.07) is 43.2. The van der Waals surface area contributed by atoms with Crippen molar-refractivity contribution in [3.05, 3.63) is 137 Å². The van der Waals surface area contributed by atoms with Gasteiger partial charge < -0.3 is 0 Å². The molecule has 0 saturated carbocycles. The van der Waals surface area contributed by atoms with Crippen LogP contribution in [-0.2, 0) is 6.42 Å². The highest BCUT2D eigenvalue weighted by molar-refractivity contribution is 8.22. The van der Waals surface area contributed by atoms with Gasteiger partial charge in [0.15, 0.2) is 0 Å². The second-order valence-electron chi connectivity index (χ2n) is 9.43. The van der Waals surface area contributed by atoms with Crippen LogP contribution in [0.25, 0.3) is 39.1 Å². The number of fused-ring (bicyclic) bond motifs is 1. The fraction of sp³-hybridized carbons (Fsp3) is 0.114. The molecule has 3 heteroatoms. The third-order valence-electron chi connectivity index (χ3n) is 7.02. The molecule has 0 bridgehead atoms. The first-order valence-electron chi connectivity index (χ1n) is 13.1. The zero-order valence-electron chi connectivity index (χ0n) is 21.4. The Balaban J connectivity index is 1.43. The van der Waals surface area contributed by atoms with Crippen molar-refractivity contribution < 1.29 is 0 Å². The molecule has 38 heavy (non-hydrogen) atoms. The zero-order valence-corrected chi connectivity index (χ0v) is 23.1. The van der Waals surface area contributed by atoms with Crippen LogP contribution in [0.2, 0.25) is 0 Å². The number of nitrogens with zero attached hydrogens (tertiary/aromatic N) is 1. The van der Waals surface area contributed by atoms with E-state index in [4.69, 9.17) is 4.98 Å². The molecule has 1 aromatic heterocycles. The summed E-state index contributed by atoms with van der Waals surface area (Å²) in [6.45, 7) is 0. The smallest absolute Gasteiger partial charge is 0.0723 e. The molecule has 0 fully saturated rings. The highest BCUT2D eigenvalue weighted by atomic mass is 32.2. The van der Waals surface area contributed by atoms with Crippen molar-refractivity contribution in [3.63, 3.8) is 0 Å².